The van der Waals surface area contributed by atoms with E-state index < -0.39 is 0 Å². The maximum Gasteiger partial charge on any atom is 0.0824 e. The van der Waals surface area contributed by atoms with Gasteiger partial charge < -0.3 is 10.5 Å². The first-order chi connectivity index (χ1) is 7.70. The summed E-state index contributed by atoms with van der Waals surface area (Å²) in [5.41, 5.74) is 6.81. The fraction of sp³-hybridized carbons (Fsp3) is 0.700. The summed E-state index contributed by atoms with van der Waals surface area (Å²) in [6.45, 7) is 4.08. The maximum absolute atomic E-state index is 5.62. The lowest BCUT2D eigenvalue weighted by atomic mass is 10.2. The van der Waals surface area contributed by atoms with E-state index in [1.165, 1.54) is 5.69 Å². The third kappa shape index (κ3) is 2.63. The lowest BCUT2D eigenvalue weighted by Gasteiger charge is -2.32. The van der Waals surface area contributed by atoms with Crippen molar-refractivity contribution in [3.63, 3.8) is 0 Å². The van der Waals surface area contributed by atoms with Crippen molar-refractivity contribution in [2.75, 3.05) is 26.2 Å². The van der Waals surface area contributed by atoms with Crippen LogP contribution in [0.1, 0.15) is 5.69 Å². The van der Waals surface area contributed by atoms with E-state index >= 15 is 0 Å². The molecule has 1 unspecified atom stereocenters. The molecule has 0 aliphatic carbocycles. The zero-order valence-corrected chi connectivity index (χ0v) is 11.0. The molecule has 0 bridgehead atoms. The number of nitrogens with zero attached hydrogens (tertiary/aromatic N) is 3. The van der Waals surface area contributed by atoms with Crippen LogP contribution in [-0.2, 0) is 18.3 Å². The predicted molar refractivity (Wildman–Crippen MR) is 65.0 cm³/mol. The van der Waals surface area contributed by atoms with E-state index in [0.29, 0.717) is 6.54 Å². The summed E-state index contributed by atoms with van der Waals surface area (Å²) >= 11 is 3.51. The lowest BCUT2D eigenvalue weighted by molar-refractivity contribution is -0.0267. The smallest absolute Gasteiger partial charge is 0.0824 e. The van der Waals surface area contributed by atoms with E-state index in [1.807, 2.05) is 17.9 Å². The molecule has 6 heteroatoms. The van der Waals surface area contributed by atoms with Crippen LogP contribution >= 0.6 is 15.9 Å². The molecule has 0 amide bonds. The molecule has 1 aromatic heterocycles. The highest BCUT2D eigenvalue weighted by Crippen LogP contribution is 2.18. The highest BCUT2D eigenvalue weighted by molar-refractivity contribution is 9.10. The van der Waals surface area contributed by atoms with Crippen molar-refractivity contribution < 1.29 is 4.74 Å². The first-order valence-electron chi connectivity index (χ1n) is 5.41. The van der Waals surface area contributed by atoms with Gasteiger partial charge in [-0.3, -0.25) is 9.58 Å². The van der Waals surface area contributed by atoms with Crippen LogP contribution in [0, 0.1) is 0 Å². The molecule has 0 aromatic carbocycles. The van der Waals surface area contributed by atoms with Crippen molar-refractivity contribution in [2.24, 2.45) is 12.8 Å². The normalized spacial score (nSPS) is 22.6. The molecule has 90 valence electrons. The number of aromatic nitrogens is 2. The van der Waals surface area contributed by atoms with Crippen molar-refractivity contribution in [1.82, 2.24) is 14.7 Å². The number of rotatable bonds is 3. The van der Waals surface area contributed by atoms with Crippen molar-refractivity contribution >= 4 is 15.9 Å². The van der Waals surface area contributed by atoms with E-state index in [-0.39, 0.29) is 6.10 Å². The van der Waals surface area contributed by atoms with Crippen molar-refractivity contribution in [1.29, 1.82) is 0 Å². The molecule has 0 radical (unpaired) electrons. The highest BCUT2D eigenvalue weighted by Gasteiger charge is 2.20. The minimum absolute atomic E-state index is 0.167. The molecule has 1 fully saturated rings. The highest BCUT2D eigenvalue weighted by atomic mass is 79.9. The molecule has 5 nitrogen and oxygen atoms in total. The van der Waals surface area contributed by atoms with Crippen LogP contribution in [0.4, 0.5) is 0 Å². The van der Waals surface area contributed by atoms with Crippen molar-refractivity contribution in [2.45, 2.75) is 12.6 Å². The molecule has 1 atom stereocenters. The Labute approximate surface area is 104 Å². The average molecular weight is 289 g/mol. The van der Waals surface area contributed by atoms with E-state index in [4.69, 9.17) is 10.5 Å². The number of morpholine rings is 1. The summed E-state index contributed by atoms with van der Waals surface area (Å²) in [4.78, 5) is 2.35. The largest absolute Gasteiger partial charge is 0.374 e. The monoisotopic (exact) mass is 288 g/mol. The molecule has 2 rings (SSSR count). The molecular weight excluding hydrogens is 272 g/mol. The van der Waals surface area contributed by atoms with Crippen LogP contribution in [0.25, 0.3) is 0 Å². The van der Waals surface area contributed by atoms with Crippen LogP contribution in [0.5, 0.6) is 0 Å². The van der Waals surface area contributed by atoms with Gasteiger partial charge in [0.2, 0.25) is 0 Å². The van der Waals surface area contributed by atoms with Gasteiger partial charge in [-0.2, -0.15) is 5.10 Å². The van der Waals surface area contributed by atoms with Crippen LogP contribution < -0.4 is 5.73 Å². The molecule has 1 aliphatic rings. The van der Waals surface area contributed by atoms with Crippen LogP contribution in [0.3, 0.4) is 0 Å². The van der Waals surface area contributed by atoms with Gasteiger partial charge in [0.15, 0.2) is 0 Å². The number of aryl methyl sites for hydroxylation is 1. The Balaban J connectivity index is 1.99. The van der Waals surface area contributed by atoms with Crippen LogP contribution in [0.2, 0.25) is 0 Å². The quantitative estimate of drug-likeness (QED) is 0.872. The molecule has 1 saturated heterocycles. The maximum atomic E-state index is 5.62. The Morgan fingerprint density at radius 1 is 1.69 bits per heavy atom. The topological polar surface area (TPSA) is 56.3 Å². The first kappa shape index (κ1) is 12.0. The summed E-state index contributed by atoms with van der Waals surface area (Å²) in [6.07, 6.45) is 2.00. The summed E-state index contributed by atoms with van der Waals surface area (Å²) in [6, 6.07) is 0. The third-order valence-electron chi connectivity index (χ3n) is 2.87. The SMILES string of the molecule is Cn1ncc(Br)c1CN1CCOC(CN)C1. The number of halogens is 1. The minimum Gasteiger partial charge on any atom is -0.374 e. The number of ether oxygens (including phenoxy) is 1. The van der Waals surface area contributed by atoms with Crippen LogP contribution in [-0.4, -0.2) is 47.0 Å². The molecular formula is C10H17BrN4O. The Hall–Kier alpha value is -0.430. The number of nitrogens with two attached hydrogens (primary N) is 1. The van der Waals surface area contributed by atoms with E-state index in [0.717, 1.165) is 30.7 Å². The Bertz CT molecular complexity index is 335. The molecule has 2 heterocycles. The van der Waals surface area contributed by atoms with Gasteiger partial charge in [0, 0.05) is 33.2 Å². The van der Waals surface area contributed by atoms with Gasteiger partial charge >= 0.3 is 0 Å². The fourth-order valence-electron chi connectivity index (χ4n) is 1.89. The molecule has 2 N–H and O–H groups in total. The van der Waals surface area contributed by atoms with E-state index in [9.17, 15) is 0 Å². The fourth-order valence-corrected chi connectivity index (χ4v) is 2.37. The van der Waals surface area contributed by atoms with E-state index in [1.54, 1.807) is 0 Å². The Kier molecular flexibility index (Phi) is 3.96. The van der Waals surface area contributed by atoms with Crippen LogP contribution in [0.15, 0.2) is 10.7 Å². The zero-order chi connectivity index (χ0) is 11.5. The molecule has 16 heavy (non-hydrogen) atoms. The second-order valence-corrected chi connectivity index (χ2v) is 4.88. The van der Waals surface area contributed by atoms with Gasteiger partial charge in [-0.05, 0) is 15.9 Å². The Morgan fingerprint density at radius 2 is 2.50 bits per heavy atom. The Morgan fingerprint density at radius 3 is 3.12 bits per heavy atom. The summed E-state index contributed by atoms with van der Waals surface area (Å²) < 4.78 is 8.50. The second kappa shape index (κ2) is 5.27. The lowest BCUT2D eigenvalue weighted by Crippen LogP contribution is -2.45. The first-order valence-corrected chi connectivity index (χ1v) is 6.20. The number of hydrogen-bond donors (Lipinski definition) is 1. The predicted octanol–water partition coefficient (Wildman–Crippen LogP) is 0.342. The van der Waals surface area contributed by atoms with Gasteiger partial charge in [-0.1, -0.05) is 0 Å². The molecule has 0 saturated carbocycles. The van der Waals surface area contributed by atoms with E-state index in [2.05, 4.69) is 25.9 Å². The van der Waals surface area contributed by atoms with Gasteiger partial charge in [0.05, 0.1) is 29.1 Å². The van der Waals surface area contributed by atoms with Gasteiger partial charge in [-0.25, -0.2) is 0 Å². The molecule has 1 aliphatic heterocycles. The zero-order valence-electron chi connectivity index (χ0n) is 9.40. The number of hydrogen-bond acceptors (Lipinski definition) is 4. The van der Waals surface area contributed by atoms with Crippen molar-refractivity contribution in [3.8, 4) is 0 Å². The molecule has 0 spiro atoms. The standard InChI is InChI=1S/C10H17BrN4O/c1-14-10(9(11)5-13-14)7-15-2-3-16-8(4-12)6-15/h5,8H,2-4,6-7,12H2,1H3. The van der Waals surface area contributed by atoms with Gasteiger partial charge in [0.25, 0.3) is 0 Å². The average Bonchev–Trinajstić information content (AvgIpc) is 2.61. The summed E-state index contributed by atoms with van der Waals surface area (Å²) in [7, 11) is 1.96. The van der Waals surface area contributed by atoms with Crippen molar-refractivity contribution in [3.05, 3.63) is 16.4 Å². The summed E-state index contributed by atoms with van der Waals surface area (Å²) in [5, 5.41) is 4.21. The minimum atomic E-state index is 0.167. The second-order valence-electron chi connectivity index (χ2n) is 4.03. The molecule has 1 aromatic rings. The summed E-state index contributed by atoms with van der Waals surface area (Å²) in [5.74, 6) is 0. The van der Waals surface area contributed by atoms with Gasteiger partial charge in [0.1, 0.15) is 0 Å². The third-order valence-corrected chi connectivity index (χ3v) is 3.53. The van der Waals surface area contributed by atoms with Gasteiger partial charge in [-0.15, -0.1) is 0 Å².